The number of hydrogen-bond donors (Lipinski definition) is 1. The van der Waals surface area contributed by atoms with Crippen molar-refractivity contribution in [1.29, 1.82) is 5.41 Å². The van der Waals surface area contributed by atoms with Crippen LogP contribution in [0.25, 0.3) is 0 Å². The summed E-state index contributed by atoms with van der Waals surface area (Å²) in [5.41, 5.74) is 1.71. The van der Waals surface area contributed by atoms with Gasteiger partial charge in [0, 0.05) is 0 Å². The summed E-state index contributed by atoms with van der Waals surface area (Å²) < 4.78 is 3.36. The largest absolute Gasteiger partial charge is 0.474 e. The molecule has 0 aromatic carbocycles. The first-order valence-electron chi connectivity index (χ1n) is 6.06. The third-order valence-corrected chi connectivity index (χ3v) is 3.59. The van der Waals surface area contributed by atoms with Crippen molar-refractivity contribution in [2.45, 2.75) is 43.8 Å². The number of allylic oxidation sites excluding steroid dienone is 1. The summed E-state index contributed by atoms with van der Waals surface area (Å²) in [6, 6.07) is 0. The Morgan fingerprint density at radius 3 is 2.61 bits per heavy atom. The van der Waals surface area contributed by atoms with E-state index in [1.807, 2.05) is 6.08 Å². The number of alkyl halides is 3. The molecule has 1 aliphatic rings. The Kier molecular flexibility index (Phi) is 5.40. The van der Waals surface area contributed by atoms with Crippen LogP contribution in [0.15, 0.2) is 11.6 Å². The van der Waals surface area contributed by atoms with Crippen molar-refractivity contribution in [3.05, 3.63) is 11.6 Å². The molecule has 1 rings (SSSR count). The monoisotopic (exact) mass is 311 g/mol. The highest BCUT2D eigenvalue weighted by molar-refractivity contribution is 6.76. The normalized spacial score (nSPS) is 26.1. The van der Waals surface area contributed by atoms with E-state index < -0.39 is 3.79 Å². The van der Waals surface area contributed by atoms with E-state index in [2.05, 4.69) is 20.8 Å². The average molecular weight is 313 g/mol. The molecule has 0 amide bonds. The second-order valence-corrected chi connectivity index (χ2v) is 8.14. The Labute approximate surface area is 124 Å². The van der Waals surface area contributed by atoms with Gasteiger partial charge in [-0.05, 0) is 36.7 Å². The standard InChI is InChI=1S/C13H20Cl3NO/c1-9-6-10(8-12(2,3)7-9)4-5-18-11(17)13(14,15)16/h4,9,17H,5-8H2,1-3H3/b10-4+,17-11?. The molecule has 18 heavy (non-hydrogen) atoms. The molecule has 0 saturated heterocycles. The fourth-order valence-corrected chi connectivity index (χ4v) is 2.87. The van der Waals surface area contributed by atoms with E-state index in [9.17, 15) is 0 Å². The summed E-state index contributed by atoms with van der Waals surface area (Å²) >= 11 is 16.6. The second kappa shape index (κ2) is 6.02. The van der Waals surface area contributed by atoms with Crippen LogP contribution in [0.3, 0.4) is 0 Å². The van der Waals surface area contributed by atoms with E-state index in [4.69, 9.17) is 44.9 Å². The Hall–Kier alpha value is 0.0800. The van der Waals surface area contributed by atoms with Gasteiger partial charge >= 0.3 is 0 Å². The lowest BCUT2D eigenvalue weighted by Gasteiger charge is -2.35. The van der Waals surface area contributed by atoms with Crippen LogP contribution in [-0.2, 0) is 4.74 Å². The quantitative estimate of drug-likeness (QED) is 0.326. The van der Waals surface area contributed by atoms with Gasteiger partial charge in [-0.1, -0.05) is 61.1 Å². The van der Waals surface area contributed by atoms with Gasteiger partial charge in [0.15, 0.2) is 0 Å². The van der Waals surface area contributed by atoms with Crippen molar-refractivity contribution < 1.29 is 4.74 Å². The first kappa shape index (κ1) is 16.1. The van der Waals surface area contributed by atoms with E-state index in [0.29, 0.717) is 17.9 Å². The molecule has 1 atom stereocenters. The zero-order valence-corrected chi connectivity index (χ0v) is 13.3. The summed E-state index contributed by atoms with van der Waals surface area (Å²) in [4.78, 5) is 0. The maximum Gasteiger partial charge on any atom is 0.265 e. The highest BCUT2D eigenvalue weighted by Gasteiger charge is 2.29. The van der Waals surface area contributed by atoms with Crippen LogP contribution >= 0.6 is 34.8 Å². The van der Waals surface area contributed by atoms with Gasteiger partial charge in [0.1, 0.15) is 6.61 Å². The topological polar surface area (TPSA) is 33.1 Å². The van der Waals surface area contributed by atoms with E-state index in [1.54, 1.807) is 0 Å². The lowest BCUT2D eigenvalue weighted by atomic mass is 9.70. The first-order chi connectivity index (χ1) is 8.10. The van der Waals surface area contributed by atoms with Crippen molar-refractivity contribution >= 4 is 40.7 Å². The molecule has 1 saturated carbocycles. The highest BCUT2D eigenvalue weighted by Crippen LogP contribution is 2.41. The first-order valence-corrected chi connectivity index (χ1v) is 7.20. The molecular weight excluding hydrogens is 293 g/mol. The third-order valence-electron chi connectivity index (χ3n) is 3.07. The molecule has 1 aliphatic carbocycles. The number of nitrogens with one attached hydrogen (secondary N) is 1. The Bertz CT molecular complexity index is 345. The van der Waals surface area contributed by atoms with Gasteiger partial charge in [-0.25, -0.2) is 0 Å². The maximum absolute atomic E-state index is 7.43. The SMILES string of the molecule is CC1C/C(=C\COC(=N)C(Cl)(Cl)Cl)CC(C)(C)C1. The molecule has 0 heterocycles. The summed E-state index contributed by atoms with van der Waals surface area (Å²) in [5, 5.41) is 7.43. The summed E-state index contributed by atoms with van der Waals surface area (Å²) in [7, 11) is 0. The molecule has 0 aromatic rings. The Balaban J connectivity index is 2.50. The van der Waals surface area contributed by atoms with E-state index in [1.165, 1.54) is 12.0 Å². The van der Waals surface area contributed by atoms with Crippen molar-refractivity contribution in [2.24, 2.45) is 11.3 Å². The van der Waals surface area contributed by atoms with Crippen molar-refractivity contribution in [3.8, 4) is 0 Å². The van der Waals surface area contributed by atoms with Crippen molar-refractivity contribution in [3.63, 3.8) is 0 Å². The minimum atomic E-state index is -1.77. The minimum Gasteiger partial charge on any atom is -0.474 e. The lowest BCUT2D eigenvalue weighted by molar-refractivity contribution is 0.232. The van der Waals surface area contributed by atoms with Crippen LogP contribution in [0.1, 0.15) is 40.0 Å². The van der Waals surface area contributed by atoms with E-state index >= 15 is 0 Å². The zero-order chi connectivity index (χ0) is 14.0. The fourth-order valence-electron chi connectivity index (χ4n) is 2.70. The summed E-state index contributed by atoms with van der Waals surface area (Å²) in [6.07, 6.45) is 5.42. The predicted octanol–water partition coefficient (Wildman–Crippen LogP) is 5.12. The average Bonchev–Trinajstić information content (AvgIpc) is 2.12. The van der Waals surface area contributed by atoms with Gasteiger partial charge in [0.2, 0.25) is 5.90 Å². The molecule has 2 nitrogen and oxygen atoms in total. The fraction of sp³-hybridized carbons (Fsp3) is 0.769. The molecule has 0 aliphatic heterocycles. The number of rotatable bonds is 2. The predicted molar refractivity (Wildman–Crippen MR) is 78.8 cm³/mol. The Morgan fingerprint density at radius 2 is 2.11 bits per heavy atom. The molecule has 1 N–H and O–H groups in total. The van der Waals surface area contributed by atoms with Crippen LogP contribution < -0.4 is 0 Å². The molecule has 1 fully saturated rings. The van der Waals surface area contributed by atoms with Crippen LogP contribution in [0, 0.1) is 16.7 Å². The molecule has 0 bridgehead atoms. The van der Waals surface area contributed by atoms with Crippen LogP contribution in [-0.4, -0.2) is 16.3 Å². The molecule has 104 valence electrons. The van der Waals surface area contributed by atoms with Crippen LogP contribution in [0.2, 0.25) is 0 Å². The zero-order valence-electron chi connectivity index (χ0n) is 11.0. The molecular formula is C13H20Cl3NO. The van der Waals surface area contributed by atoms with Crippen molar-refractivity contribution in [2.75, 3.05) is 6.61 Å². The number of ether oxygens (including phenoxy) is 1. The second-order valence-electron chi connectivity index (χ2n) is 5.85. The summed E-state index contributed by atoms with van der Waals surface area (Å²) in [5.74, 6) is 0.361. The van der Waals surface area contributed by atoms with Gasteiger partial charge < -0.3 is 4.74 Å². The van der Waals surface area contributed by atoms with Gasteiger partial charge in [-0.3, -0.25) is 5.41 Å². The number of halogens is 3. The van der Waals surface area contributed by atoms with Gasteiger partial charge in [-0.15, -0.1) is 0 Å². The van der Waals surface area contributed by atoms with E-state index in [-0.39, 0.29) is 5.90 Å². The minimum absolute atomic E-state index is 0.297. The van der Waals surface area contributed by atoms with Gasteiger partial charge in [0.25, 0.3) is 3.79 Å². The smallest absolute Gasteiger partial charge is 0.265 e. The third kappa shape index (κ3) is 5.38. The molecule has 0 radical (unpaired) electrons. The molecule has 5 heteroatoms. The molecule has 0 spiro atoms. The van der Waals surface area contributed by atoms with Gasteiger partial charge in [-0.2, -0.15) is 0 Å². The van der Waals surface area contributed by atoms with Crippen LogP contribution in [0.5, 0.6) is 0 Å². The van der Waals surface area contributed by atoms with Gasteiger partial charge in [0.05, 0.1) is 0 Å². The Morgan fingerprint density at radius 1 is 1.50 bits per heavy atom. The highest BCUT2D eigenvalue weighted by atomic mass is 35.6. The molecule has 0 aromatic heterocycles. The molecule has 1 unspecified atom stereocenters. The van der Waals surface area contributed by atoms with E-state index in [0.717, 1.165) is 12.8 Å². The number of hydrogen-bond acceptors (Lipinski definition) is 2. The van der Waals surface area contributed by atoms with Crippen molar-refractivity contribution in [1.82, 2.24) is 0 Å². The maximum atomic E-state index is 7.43. The lowest BCUT2D eigenvalue weighted by Crippen LogP contribution is -2.24. The van der Waals surface area contributed by atoms with Crippen LogP contribution in [0.4, 0.5) is 0 Å². The summed E-state index contributed by atoms with van der Waals surface area (Å²) in [6.45, 7) is 7.12.